The van der Waals surface area contributed by atoms with Crippen molar-refractivity contribution in [3.8, 4) is 11.5 Å². The Morgan fingerprint density at radius 1 is 1.00 bits per heavy atom. The molecule has 0 amide bonds. The van der Waals surface area contributed by atoms with Gasteiger partial charge in [-0.15, -0.1) is 0 Å². The number of halogens is 1. The first-order chi connectivity index (χ1) is 14.5. The highest BCUT2D eigenvalue weighted by Gasteiger charge is 2.30. The van der Waals surface area contributed by atoms with Crippen molar-refractivity contribution in [3.05, 3.63) is 70.8 Å². The minimum absolute atomic E-state index is 0.0159. The van der Waals surface area contributed by atoms with E-state index in [4.69, 9.17) is 9.47 Å². The largest absolute Gasteiger partial charge is 0.493 e. The molecule has 154 valence electrons. The van der Waals surface area contributed by atoms with Crippen molar-refractivity contribution in [1.29, 1.82) is 0 Å². The molecular formula is C23H22FN3O3. The maximum Gasteiger partial charge on any atom is 0.227 e. The first-order valence-electron chi connectivity index (χ1n) is 9.63. The molecule has 3 aromatic rings. The number of methoxy groups -OCH3 is 2. The summed E-state index contributed by atoms with van der Waals surface area (Å²) < 4.78 is 23.9. The summed E-state index contributed by atoms with van der Waals surface area (Å²) in [7, 11) is 3.18. The molecule has 4 rings (SSSR count). The summed E-state index contributed by atoms with van der Waals surface area (Å²) in [5.74, 6) is 1.36. The lowest BCUT2D eigenvalue weighted by Crippen LogP contribution is -2.23. The van der Waals surface area contributed by atoms with Gasteiger partial charge in [-0.25, -0.2) is 14.4 Å². The summed E-state index contributed by atoms with van der Waals surface area (Å²) >= 11 is 0. The summed E-state index contributed by atoms with van der Waals surface area (Å²) in [5.41, 5.74) is 3.62. The lowest BCUT2D eigenvalue weighted by molar-refractivity contribution is 0.0962. The quantitative estimate of drug-likeness (QED) is 0.667. The second-order valence-electron chi connectivity index (χ2n) is 7.23. The summed E-state index contributed by atoms with van der Waals surface area (Å²) in [6.45, 7) is 1.81. The van der Waals surface area contributed by atoms with Gasteiger partial charge in [0.2, 0.25) is 5.95 Å². The molecule has 0 aliphatic heterocycles. The first-order valence-corrected chi connectivity index (χ1v) is 9.63. The number of aromatic nitrogens is 2. The number of ketones is 1. The van der Waals surface area contributed by atoms with E-state index in [-0.39, 0.29) is 17.5 Å². The Morgan fingerprint density at radius 3 is 2.43 bits per heavy atom. The Bertz CT molecular complexity index is 1100. The molecule has 0 spiro atoms. The second-order valence-corrected chi connectivity index (χ2v) is 7.23. The van der Waals surface area contributed by atoms with Crippen LogP contribution in [0.3, 0.4) is 0 Å². The third-order valence-corrected chi connectivity index (χ3v) is 5.29. The number of fused-ring (bicyclic) bond motifs is 1. The molecular weight excluding hydrogens is 385 g/mol. The number of rotatable bonds is 5. The normalized spacial score (nSPS) is 15.5. The third kappa shape index (κ3) is 3.83. The molecule has 2 aromatic carbocycles. The smallest absolute Gasteiger partial charge is 0.227 e. The van der Waals surface area contributed by atoms with Crippen molar-refractivity contribution in [2.45, 2.75) is 25.7 Å². The zero-order valence-corrected chi connectivity index (χ0v) is 17.0. The van der Waals surface area contributed by atoms with Crippen LogP contribution in [0, 0.1) is 12.7 Å². The van der Waals surface area contributed by atoms with Crippen LogP contribution in [0.4, 0.5) is 16.0 Å². The van der Waals surface area contributed by atoms with E-state index in [0.29, 0.717) is 52.9 Å². The van der Waals surface area contributed by atoms with Gasteiger partial charge in [0.15, 0.2) is 17.3 Å². The molecule has 7 heteroatoms. The highest BCUT2D eigenvalue weighted by atomic mass is 19.1. The van der Waals surface area contributed by atoms with Crippen molar-refractivity contribution >= 4 is 17.4 Å². The average molecular weight is 407 g/mol. The van der Waals surface area contributed by atoms with Crippen LogP contribution in [0.1, 0.15) is 39.6 Å². The van der Waals surface area contributed by atoms with E-state index in [2.05, 4.69) is 15.3 Å². The Hall–Kier alpha value is -3.48. The van der Waals surface area contributed by atoms with E-state index in [1.165, 1.54) is 12.1 Å². The van der Waals surface area contributed by atoms with Crippen LogP contribution < -0.4 is 14.8 Å². The fourth-order valence-corrected chi connectivity index (χ4v) is 3.83. The van der Waals surface area contributed by atoms with Crippen molar-refractivity contribution in [2.24, 2.45) is 0 Å². The molecule has 1 aromatic heterocycles. The van der Waals surface area contributed by atoms with Crippen LogP contribution in [0.2, 0.25) is 0 Å². The van der Waals surface area contributed by atoms with Gasteiger partial charge in [0.1, 0.15) is 5.82 Å². The lowest BCUT2D eigenvalue weighted by atomic mass is 9.81. The molecule has 0 radical (unpaired) electrons. The Kier molecular flexibility index (Phi) is 5.35. The van der Waals surface area contributed by atoms with Crippen molar-refractivity contribution in [3.63, 3.8) is 0 Å². The van der Waals surface area contributed by atoms with E-state index in [1.54, 1.807) is 26.4 Å². The van der Waals surface area contributed by atoms with E-state index >= 15 is 0 Å². The summed E-state index contributed by atoms with van der Waals surface area (Å²) in [6, 6.07) is 11.7. The van der Waals surface area contributed by atoms with E-state index < -0.39 is 0 Å². The molecule has 0 saturated carbocycles. The minimum Gasteiger partial charge on any atom is -0.493 e. The zero-order valence-electron chi connectivity index (χ0n) is 17.0. The number of benzene rings is 2. The molecule has 1 aliphatic carbocycles. The van der Waals surface area contributed by atoms with Crippen LogP contribution in [0.15, 0.2) is 42.5 Å². The molecule has 30 heavy (non-hydrogen) atoms. The topological polar surface area (TPSA) is 73.3 Å². The van der Waals surface area contributed by atoms with E-state index in [0.717, 1.165) is 5.56 Å². The van der Waals surface area contributed by atoms with Crippen molar-refractivity contribution < 1.29 is 18.7 Å². The average Bonchev–Trinajstić information content (AvgIpc) is 2.74. The van der Waals surface area contributed by atoms with Gasteiger partial charge in [-0.05, 0) is 61.2 Å². The maximum absolute atomic E-state index is 13.2. The number of carbonyl (C=O) groups is 1. The number of nitrogens with zero attached hydrogens (tertiary/aromatic N) is 2. The fraction of sp³-hybridized carbons (Fsp3) is 0.261. The Labute approximate surface area is 174 Å². The monoisotopic (exact) mass is 407 g/mol. The number of ether oxygens (including phenoxy) is 2. The predicted molar refractivity (Wildman–Crippen MR) is 111 cm³/mol. The fourth-order valence-electron chi connectivity index (χ4n) is 3.83. The van der Waals surface area contributed by atoms with Crippen molar-refractivity contribution in [1.82, 2.24) is 9.97 Å². The molecule has 0 saturated heterocycles. The van der Waals surface area contributed by atoms with Gasteiger partial charge in [0, 0.05) is 12.1 Å². The number of nitrogens with one attached hydrogen (secondary N) is 1. The predicted octanol–water partition coefficient (Wildman–Crippen LogP) is 4.60. The van der Waals surface area contributed by atoms with Crippen molar-refractivity contribution in [2.75, 3.05) is 19.5 Å². The van der Waals surface area contributed by atoms with Gasteiger partial charge in [-0.3, -0.25) is 4.79 Å². The molecule has 0 fully saturated rings. The first kappa shape index (κ1) is 19.8. The van der Waals surface area contributed by atoms with E-state index in [1.807, 2.05) is 25.1 Å². The molecule has 1 heterocycles. The molecule has 1 N–H and O–H groups in total. The van der Waals surface area contributed by atoms with Gasteiger partial charge in [0.25, 0.3) is 0 Å². The van der Waals surface area contributed by atoms with Crippen LogP contribution in [-0.4, -0.2) is 30.0 Å². The van der Waals surface area contributed by atoms with Crippen LogP contribution in [0.5, 0.6) is 11.5 Å². The second kappa shape index (κ2) is 8.10. The maximum atomic E-state index is 13.2. The van der Waals surface area contributed by atoms with Crippen LogP contribution in [-0.2, 0) is 6.42 Å². The van der Waals surface area contributed by atoms with Gasteiger partial charge in [0.05, 0.1) is 31.2 Å². The highest BCUT2D eigenvalue weighted by molar-refractivity contribution is 5.99. The standard InChI is InChI=1S/C23H22FN3O3/c1-13-22-18(27-23(25-13)26-17-7-5-16(24)6-8-17)10-15(11-19(22)28)14-4-9-20(29-2)21(12-14)30-3/h4-9,12,15H,10-11H2,1-3H3,(H,25,26,27). The number of anilines is 2. The summed E-state index contributed by atoms with van der Waals surface area (Å²) in [6.07, 6.45) is 0.995. The Morgan fingerprint density at radius 2 is 1.73 bits per heavy atom. The number of hydrogen-bond acceptors (Lipinski definition) is 6. The number of aryl methyl sites for hydroxylation is 1. The SMILES string of the molecule is COc1ccc(C2CC(=O)c3c(C)nc(Nc4ccc(F)cc4)nc3C2)cc1OC. The molecule has 1 unspecified atom stereocenters. The van der Waals surface area contributed by atoms with Gasteiger partial charge in [-0.2, -0.15) is 0 Å². The minimum atomic E-state index is -0.313. The number of hydrogen-bond donors (Lipinski definition) is 1. The Balaban J connectivity index is 1.65. The van der Waals surface area contributed by atoms with Gasteiger partial charge in [-0.1, -0.05) is 6.07 Å². The van der Waals surface area contributed by atoms with Crippen LogP contribution >= 0.6 is 0 Å². The zero-order chi connectivity index (χ0) is 21.3. The molecule has 1 atom stereocenters. The van der Waals surface area contributed by atoms with Gasteiger partial charge < -0.3 is 14.8 Å². The molecule has 1 aliphatic rings. The summed E-state index contributed by atoms with van der Waals surface area (Å²) in [5, 5.41) is 3.09. The highest BCUT2D eigenvalue weighted by Crippen LogP contribution is 2.37. The summed E-state index contributed by atoms with van der Waals surface area (Å²) in [4.78, 5) is 21.9. The van der Waals surface area contributed by atoms with Crippen LogP contribution in [0.25, 0.3) is 0 Å². The third-order valence-electron chi connectivity index (χ3n) is 5.29. The molecule has 6 nitrogen and oxygen atoms in total. The molecule has 0 bridgehead atoms. The lowest BCUT2D eigenvalue weighted by Gasteiger charge is -2.25. The van der Waals surface area contributed by atoms with E-state index in [9.17, 15) is 9.18 Å². The number of carbonyl (C=O) groups excluding carboxylic acids is 1. The number of Topliss-reactive ketones (excluding diaryl/α,β-unsaturated/α-hetero) is 1. The van der Waals surface area contributed by atoms with Gasteiger partial charge >= 0.3 is 0 Å².